The minimum Gasteiger partial charge on any atom is -0.362 e. The minimum absolute atomic E-state index is 0.0295. The first-order chi connectivity index (χ1) is 15.6. The van der Waals surface area contributed by atoms with Crippen molar-refractivity contribution in [3.05, 3.63) is 60.2 Å². The van der Waals surface area contributed by atoms with Gasteiger partial charge in [-0.2, -0.15) is 10.2 Å². The van der Waals surface area contributed by atoms with Gasteiger partial charge < -0.3 is 10.1 Å². The first kappa shape index (κ1) is 19.7. The number of carbonyl (C=O) groups excluding carboxylic acids is 1. The van der Waals surface area contributed by atoms with Crippen molar-refractivity contribution in [1.29, 1.82) is 0 Å². The second kappa shape index (κ2) is 7.59. The van der Waals surface area contributed by atoms with E-state index >= 15 is 0 Å². The van der Waals surface area contributed by atoms with Crippen LogP contribution < -0.4 is 5.32 Å². The fourth-order valence-corrected chi connectivity index (χ4v) is 6.87. The zero-order valence-corrected chi connectivity index (χ0v) is 18.4. The Bertz CT molecular complexity index is 1100. The van der Waals surface area contributed by atoms with Gasteiger partial charge in [0.25, 0.3) is 5.91 Å². The van der Waals surface area contributed by atoms with Crippen LogP contribution in [0, 0.1) is 17.8 Å². The van der Waals surface area contributed by atoms with E-state index in [2.05, 4.69) is 10.4 Å². The fraction of sp³-hybridized carbons (Fsp3) is 0.480. The molecule has 32 heavy (non-hydrogen) atoms. The lowest BCUT2D eigenvalue weighted by Gasteiger charge is -2.56. The highest BCUT2D eigenvalue weighted by Crippen LogP contribution is 2.60. The molecular formula is C25H29N5O2. The Morgan fingerprint density at radius 3 is 2.44 bits per heavy atom. The van der Waals surface area contributed by atoms with Crippen LogP contribution in [-0.4, -0.2) is 32.6 Å². The number of anilines is 1. The van der Waals surface area contributed by atoms with Gasteiger partial charge in [-0.1, -0.05) is 18.2 Å². The summed E-state index contributed by atoms with van der Waals surface area (Å²) in [5.74, 6) is 2.24. The van der Waals surface area contributed by atoms with Crippen LogP contribution in [0.15, 0.2) is 48.9 Å². The van der Waals surface area contributed by atoms with Gasteiger partial charge in [-0.05, 0) is 68.4 Å². The molecule has 1 aromatic carbocycles. The molecule has 7 heteroatoms. The molecule has 0 atom stereocenters. The number of amides is 1. The maximum absolute atomic E-state index is 13.5. The van der Waals surface area contributed by atoms with Gasteiger partial charge in [0.15, 0.2) is 0 Å². The van der Waals surface area contributed by atoms with Crippen molar-refractivity contribution in [3.8, 4) is 5.69 Å². The van der Waals surface area contributed by atoms with Gasteiger partial charge in [0, 0.05) is 18.7 Å². The van der Waals surface area contributed by atoms with Gasteiger partial charge in [-0.15, -0.1) is 0 Å². The molecule has 2 aromatic heterocycles. The molecule has 0 unspecified atom stereocenters. The summed E-state index contributed by atoms with van der Waals surface area (Å²) in [5, 5.41) is 12.4. The molecule has 7 rings (SSSR count). The van der Waals surface area contributed by atoms with E-state index in [1.165, 1.54) is 19.3 Å². The number of nitrogens with one attached hydrogen (secondary N) is 1. The number of rotatable bonds is 6. The van der Waals surface area contributed by atoms with E-state index in [0.717, 1.165) is 48.4 Å². The summed E-state index contributed by atoms with van der Waals surface area (Å²) in [5.41, 5.74) is 3.35. The van der Waals surface area contributed by atoms with Gasteiger partial charge >= 0.3 is 0 Å². The highest BCUT2D eigenvalue weighted by atomic mass is 16.5. The Morgan fingerprint density at radius 2 is 1.78 bits per heavy atom. The maximum Gasteiger partial charge on any atom is 0.259 e. The van der Waals surface area contributed by atoms with Gasteiger partial charge in [0.05, 0.1) is 35.0 Å². The van der Waals surface area contributed by atoms with Crippen LogP contribution in [0.4, 0.5) is 5.69 Å². The average Bonchev–Trinajstić information content (AvgIpc) is 3.41. The summed E-state index contributed by atoms with van der Waals surface area (Å²) < 4.78 is 8.66. The number of benzene rings is 1. The van der Waals surface area contributed by atoms with Gasteiger partial charge in [0.2, 0.25) is 0 Å². The zero-order valence-electron chi connectivity index (χ0n) is 18.4. The van der Waals surface area contributed by atoms with Crippen LogP contribution in [0.3, 0.4) is 0 Å². The summed E-state index contributed by atoms with van der Waals surface area (Å²) in [6.45, 7) is 0.348. The quantitative estimate of drug-likeness (QED) is 0.628. The van der Waals surface area contributed by atoms with Crippen LogP contribution in [0.1, 0.15) is 54.6 Å². The number of nitrogens with zero attached hydrogens (tertiary/aromatic N) is 4. The van der Waals surface area contributed by atoms with Gasteiger partial charge in [-0.3, -0.25) is 4.79 Å². The van der Waals surface area contributed by atoms with Crippen LogP contribution in [0.25, 0.3) is 5.69 Å². The second-order valence-electron chi connectivity index (χ2n) is 10.0. The number of aromatic nitrogens is 4. The minimum atomic E-state index is -0.116. The van der Waals surface area contributed by atoms with E-state index < -0.39 is 0 Å². The van der Waals surface area contributed by atoms with E-state index in [0.29, 0.717) is 18.0 Å². The topological polar surface area (TPSA) is 74.0 Å². The van der Waals surface area contributed by atoms with Crippen molar-refractivity contribution >= 4 is 11.6 Å². The van der Waals surface area contributed by atoms with Crippen molar-refractivity contribution in [2.24, 2.45) is 17.8 Å². The molecule has 4 aliphatic rings. The summed E-state index contributed by atoms with van der Waals surface area (Å²) >= 11 is 0. The first-order valence-corrected chi connectivity index (χ1v) is 11.6. The van der Waals surface area contributed by atoms with Crippen LogP contribution in [-0.2, 0) is 16.9 Å². The highest BCUT2D eigenvalue weighted by Gasteiger charge is 2.53. The fourth-order valence-electron chi connectivity index (χ4n) is 6.87. The molecular weight excluding hydrogens is 402 g/mol. The highest BCUT2D eigenvalue weighted by molar-refractivity contribution is 6.05. The number of para-hydroxylation sites is 1. The first-order valence-electron chi connectivity index (χ1n) is 11.6. The zero-order chi connectivity index (χ0) is 21.7. The van der Waals surface area contributed by atoms with Crippen LogP contribution >= 0.6 is 0 Å². The molecule has 0 saturated heterocycles. The van der Waals surface area contributed by atoms with Crippen LogP contribution in [0.5, 0.6) is 0 Å². The molecule has 0 aliphatic heterocycles. The third kappa shape index (κ3) is 3.35. The van der Waals surface area contributed by atoms with E-state index in [9.17, 15) is 4.79 Å². The average molecular weight is 432 g/mol. The summed E-state index contributed by atoms with van der Waals surface area (Å²) in [6.07, 6.45) is 12.9. The Hall–Kier alpha value is -2.93. The van der Waals surface area contributed by atoms with Crippen molar-refractivity contribution in [3.63, 3.8) is 0 Å². The number of hydrogen-bond acceptors (Lipinski definition) is 4. The standard InChI is InChI=1S/C25H29N5O2/c1-32-16-29-14-20(13-26-29)27-24(31)22-15-30(21-5-3-2-4-6-21)28-23(22)25-10-17-7-18(11-25)9-19(8-17)12-25/h2-6,13-15,17-19H,7-12,16H2,1H3,(H,27,31). The van der Waals surface area contributed by atoms with E-state index in [1.807, 2.05) is 41.2 Å². The third-order valence-electron chi connectivity index (χ3n) is 7.67. The molecule has 4 aliphatic carbocycles. The van der Waals surface area contributed by atoms with E-state index in [4.69, 9.17) is 9.84 Å². The number of ether oxygens (including phenoxy) is 1. The molecule has 1 N–H and O–H groups in total. The van der Waals surface area contributed by atoms with Gasteiger partial charge in [0.1, 0.15) is 6.73 Å². The number of hydrogen-bond donors (Lipinski definition) is 1. The molecule has 7 nitrogen and oxygen atoms in total. The third-order valence-corrected chi connectivity index (χ3v) is 7.67. The lowest BCUT2D eigenvalue weighted by atomic mass is 9.48. The molecule has 3 aromatic rings. The SMILES string of the molecule is COCn1cc(NC(=O)c2cn(-c3ccccc3)nc2C23CC4CC(CC(C4)C2)C3)cn1. The molecule has 0 spiro atoms. The lowest BCUT2D eigenvalue weighted by Crippen LogP contribution is -2.49. The van der Waals surface area contributed by atoms with Crippen molar-refractivity contribution < 1.29 is 9.53 Å². The lowest BCUT2D eigenvalue weighted by molar-refractivity contribution is -0.00765. The molecule has 4 saturated carbocycles. The van der Waals surface area contributed by atoms with Gasteiger partial charge in [-0.25, -0.2) is 9.36 Å². The number of methoxy groups -OCH3 is 1. The van der Waals surface area contributed by atoms with E-state index in [1.54, 1.807) is 24.2 Å². The molecule has 166 valence electrons. The van der Waals surface area contributed by atoms with Crippen molar-refractivity contribution in [2.75, 3.05) is 12.4 Å². The second-order valence-corrected chi connectivity index (χ2v) is 10.0. The molecule has 4 bridgehead atoms. The normalized spacial score (nSPS) is 28.2. The Morgan fingerprint density at radius 1 is 1.09 bits per heavy atom. The predicted molar refractivity (Wildman–Crippen MR) is 121 cm³/mol. The monoisotopic (exact) mass is 431 g/mol. The smallest absolute Gasteiger partial charge is 0.259 e. The Labute approximate surface area is 187 Å². The Balaban J connectivity index is 1.38. The Kier molecular flexibility index (Phi) is 4.68. The maximum atomic E-state index is 13.5. The number of carbonyl (C=O) groups is 1. The summed E-state index contributed by atoms with van der Waals surface area (Å²) in [6, 6.07) is 10.1. The van der Waals surface area contributed by atoms with Crippen molar-refractivity contribution in [1.82, 2.24) is 19.6 Å². The molecule has 4 fully saturated rings. The molecule has 0 radical (unpaired) electrons. The molecule has 1 amide bonds. The largest absolute Gasteiger partial charge is 0.362 e. The van der Waals surface area contributed by atoms with Crippen LogP contribution in [0.2, 0.25) is 0 Å². The molecule has 2 heterocycles. The van der Waals surface area contributed by atoms with Crippen molar-refractivity contribution in [2.45, 2.75) is 50.7 Å². The summed E-state index contributed by atoms with van der Waals surface area (Å²) in [7, 11) is 1.62. The van der Waals surface area contributed by atoms with E-state index in [-0.39, 0.29) is 11.3 Å². The summed E-state index contributed by atoms with van der Waals surface area (Å²) in [4.78, 5) is 13.5. The predicted octanol–water partition coefficient (Wildman–Crippen LogP) is 4.39.